The molecule has 2 nitrogen and oxygen atoms in total. The van der Waals surface area contributed by atoms with E-state index in [4.69, 9.17) is 0 Å². The van der Waals surface area contributed by atoms with Gasteiger partial charge < -0.3 is 9.47 Å². The van der Waals surface area contributed by atoms with Crippen molar-refractivity contribution in [2.75, 3.05) is 4.90 Å². The number of nitrogens with zero attached hydrogens (tertiary/aromatic N) is 2. The first-order chi connectivity index (χ1) is 28.8. The summed E-state index contributed by atoms with van der Waals surface area (Å²) in [7, 11) is 0. The van der Waals surface area contributed by atoms with Crippen LogP contribution in [0.4, 0.5) is 17.1 Å². The zero-order valence-electron chi connectivity index (χ0n) is 31.8. The second-order valence-electron chi connectivity index (χ2n) is 15.0. The van der Waals surface area contributed by atoms with E-state index in [1.54, 1.807) is 0 Å². The van der Waals surface area contributed by atoms with E-state index in [0.29, 0.717) is 0 Å². The quantitative estimate of drug-likeness (QED) is 0.158. The Bertz CT molecular complexity index is 3230. The number of hydrogen-bond donors (Lipinski definition) is 0. The summed E-state index contributed by atoms with van der Waals surface area (Å²) in [6, 6.07) is 83.7. The molecule has 0 bridgehead atoms. The highest BCUT2D eigenvalue weighted by Crippen LogP contribution is 2.43. The topological polar surface area (TPSA) is 8.17 Å². The third kappa shape index (κ3) is 5.82. The second-order valence-corrected chi connectivity index (χ2v) is 15.0. The standard InChI is InChI=1S/C56H38N2/c1-3-15-44-37-46(30-27-39(44)13-1)50-18-6-9-21-53(50)57(48-36-33-40-14-2-4-16-45(40)38-48)47-34-31-42(32-35-47)41-25-28-43(29-26-41)49-17-5-10-22-54(49)58-55-23-11-7-19-51(55)52-20-8-12-24-56(52)58/h1-38H. The molecule has 0 aliphatic carbocycles. The fourth-order valence-electron chi connectivity index (χ4n) is 8.75. The van der Waals surface area contributed by atoms with Crippen molar-refractivity contribution in [2.45, 2.75) is 0 Å². The molecule has 0 spiro atoms. The van der Waals surface area contributed by atoms with Gasteiger partial charge in [0, 0.05) is 33.3 Å². The molecule has 10 aromatic carbocycles. The number of aromatic nitrogens is 1. The van der Waals surface area contributed by atoms with Crippen LogP contribution in [-0.4, -0.2) is 4.57 Å². The predicted molar refractivity (Wildman–Crippen MR) is 247 cm³/mol. The van der Waals surface area contributed by atoms with E-state index < -0.39 is 0 Å². The Kier molecular flexibility index (Phi) is 8.19. The van der Waals surface area contributed by atoms with Gasteiger partial charge in [-0.3, -0.25) is 0 Å². The van der Waals surface area contributed by atoms with Gasteiger partial charge in [0.05, 0.1) is 22.4 Å². The summed E-state index contributed by atoms with van der Waals surface area (Å²) in [5, 5.41) is 7.45. The molecule has 0 saturated heterocycles. The molecule has 11 rings (SSSR count). The molecule has 0 saturated carbocycles. The Morgan fingerprint density at radius 2 is 0.759 bits per heavy atom. The highest BCUT2D eigenvalue weighted by atomic mass is 15.1. The summed E-state index contributed by atoms with van der Waals surface area (Å²) in [6.45, 7) is 0. The molecule has 272 valence electrons. The lowest BCUT2D eigenvalue weighted by molar-refractivity contribution is 1.18. The Balaban J connectivity index is 0.974. The van der Waals surface area contributed by atoms with Crippen molar-refractivity contribution in [1.82, 2.24) is 4.57 Å². The van der Waals surface area contributed by atoms with Crippen molar-refractivity contribution in [2.24, 2.45) is 0 Å². The zero-order chi connectivity index (χ0) is 38.4. The van der Waals surface area contributed by atoms with Crippen LogP contribution < -0.4 is 4.90 Å². The lowest BCUT2D eigenvalue weighted by atomic mass is 9.97. The van der Waals surface area contributed by atoms with Gasteiger partial charge in [-0.1, -0.05) is 176 Å². The number of hydrogen-bond acceptors (Lipinski definition) is 1. The fourth-order valence-corrected chi connectivity index (χ4v) is 8.75. The minimum Gasteiger partial charge on any atom is -0.310 e. The van der Waals surface area contributed by atoms with E-state index in [0.717, 1.165) is 17.1 Å². The molecule has 0 N–H and O–H groups in total. The van der Waals surface area contributed by atoms with Gasteiger partial charge in [0.2, 0.25) is 0 Å². The van der Waals surface area contributed by atoms with Gasteiger partial charge in [-0.15, -0.1) is 0 Å². The fraction of sp³-hybridized carbons (Fsp3) is 0. The van der Waals surface area contributed by atoms with Crippen molar-refractivity contribution in [3.8, 4) is 39.1 Å². The summed E-state index contributed by atoms with van der Waals surface area (Å²) in [4.78, 5) is 2.40. The van der Waals surface area contributed by atoms with Crippen LogP contribution in [0, 0.1) is 0 Å². The van der Waals surface area contributed by atoms with Crippen LogP contribution in [0.1, 0.15) is 0 Å². The summed E-state index contributed by atoms with van der Waals surface area (Å²) in [6.07, 6.45) is 0. The second kappa shape index (κ2) is 14.1. The largest absolute Gasteiger partial charge is 0.310 e. The minimum atomic E-state index is 1.10. The normalized spacial score (nSPS) is 11.4. The molecule has 0 amide bonds. The first-order valence-corrected chi connectivity index (χ1v) is 19.9. The zero-order valence-corrected chi connectivity index (χ0v) is 31.8. The minimum absolute atomic E-state index is 1.10. The van der Waals surface area contributed by atoms with Gasteiger partial charge in [0.15, 0.2) is 0 Å². The highest BCUT2D eigenvalue weighted by molar-refractivity contribution is 6.09. The third-order valence-electron chi connectivity index (χ3n) is 11.6. The summed E-state index contributed by atoms with van der Waals surface area (Å²) in [5.74, 6) is 0. The average molecular weight is 739 g/mol. The first kappa shape index (κ1) is 33.6. The van der Waals surface area contributed by atoms with Gasteiger partial charge >= 0.3 is 0 Å². The van der Waals surface area contributed by atoms with Gasteiger partial charge in [-0.2, -0.15) is 0 Å². The van der Waals surface area contributed by atoms with Crippen molar-refractivity contribution < 1.29 is 0 Å². The molecule has 11 aromatic rings. The van der Waals surface area contributed by atoms with Crippen molar-refractivity contribution in [3.05, 3.63) is 231 Å². The van der Waals surface area contributed by atoms with Crippen LogP contribution in [0.5, 0.6) is 0 Å². The number of rotatable bonds is 7. The van der Waals surface area contributed by atoms with Crippen LogP contribution in [0.2, 0.25) is 0 Å². The monoisotopic (exact) mass is 738 g/mol. The third-order valence-corrected chi connectivity index (χ3v) is 11.6. The molecule has 0 aliphatic rings. The molecule has 0 atom stereocenters. The van der Waals surface area contributed by atoms with Gasteiger partial charge in [0.25, 0.3) is 0 Å². The van der Waals surface area contributed by atoms with E-state index >= 15 is 0 Å². The van der Waals surface area contributed by atoms with Crippen molar-refractivity contribution >= 4 is 60.4 Å². The summed E-state index contributed by atoms with van der Waals surface area (Å²) in [5.41, 5.74) is 14.1. The molecule has 0 radical (unpaired) electrons. The van der Waals surface area contributed by atoms with Crippen LogP contribution >= 0.6 is 0 Å². The van der Waals surface area contributed by atoms with E-state index in [2.05, 4.69) is 240 Å². The van der Waals surface area contributed by atoms with Crippen LogP contribution in [0.25, 0.3) is 82.4 Å². The number of fused-ring (bicyclic) bond motifs is 5. The number of anilines is 3. The molecule has 2 heteroatoms. The molecule has 58 heavy (non-hydrogen) atoms. The molecule has 1 heterocycles. The smallest absolute Gasteiger partial charge is 0.0541 e. The maximum Gasteiger partial charge on any atom is 0.0541 e. The lowest BCUT2D eigenvalue weighted by Crippen LogP contribution is -2.11. The maximum atomic E-state index is 2.41. The van der Waals surface area contributed by atoms with Gasteiger partial charge in [-0.25, -0.2) is 0 Å². The van der Waals surface area contributed by atoms with Crippen molar-refractivity contribution in [3.63, 3.8) is 0 Å². The van der Waals surface area contributed by atoms with Crippen LogP contribution in [-0.2, 0) is 0 Å². The number of benzene rings is 10. The van der Waals surface area contributed by atoms with Crippen LogP contribution in [0.3, 0.4) is 0 Å². The molecule has 0 fully saturated rings. The molecule has 0 unspecified atom stereocenters. The Morgan fingerprint density at radius 1 is 0.293 bits per heavy atom. The highest BCUT2D eigenvalue weighted by Gasteiger charge is 2.19. The Labute approximate surface area is 338 Å². The summed E-state index contributed by atoms with van der Waals surface area (Å²) < 4.78 is 2.41. The van der Waals surface area contributed by atoms with Gasteiger partial charge in [0.1, 0.15) is 0 Å². The molecule has 0 aliphatic heterocycles. The van der Waals surface area contributed by atoms with E-state index in [1.807, 2.05) is 0 Å². The Hall–Kier alpha value is -7.68. The molecular weight excluding hydrogens is 701 g/mol. The Morgan fingerprint density at radius 3 is 1.45 bits per heavy atom. The average Bonchev–Trinajstić information content (AvgIpc) is 3.64. The lowest BCUT2D eigenvalue weighted by Gasteiger charge is -2.28. The van der Waals surface area contributed by atoms with E-state index in [1.165, 1.54) is 82.4 Å². The van der Waals surface area contributed by atoms with E-state index in [-0.39, 0.29) is 0 Å². The van der Waals surface area contributed by atoms with Crippen molar-refractivity contribution in [1.29, 1.82) is 0 Å². The van der Waals surface area contributed by atoms with E-state index in [9.17, 15) is 0 Å². The molecule has 1 aromatic heterocycles. The number of para-hydroxylation sites is 4. The van der Waals surface area contributed by atoms with Crippen LogP contribution in [0.15, 0.2) is 231 Å². The maximum absolute atomic E-state index is 2.41. The molecular formula is C56H38N2. The first-order valence-electron chi connectivity index (χ1n) is 19.9. The SMILES string of the molecule is c1ccc(N(c2ccc(-c3ccc(-c4ccccc4-n4c5ccccc5c5ccccc54)cc3)cc2)c2ccc3ccccc3c2)c(-c2ccc3ccccc3c2)c1. The summed E-state index contributed by atoms with van der Waals surface area (Å²) >= 11 is 0. The van der Waals surface area contributed by atoms with Gasteiger partial charge in [-0.05, 0) is 98.4 Å². The predicted octanol–water partition coefficient (Wildman–Crippen LogP) is 15.6.